The summed E-state index contributed by atoms with van der Waals surface area (Å²) in [5.41, 5.74) is 0. The molecule has 1 radical (unpaired) electrons. The minimum absolute atomic E-state index is 0.660. The van der Waals surface area contributed by atoms with Crippen molar-refractivity contribution in [3.8, 4) is 11.5 Å². The van der Waals surface area contributed by atoms with E-state index in [1.807, 2.05) is 26.2 Å². The highest BCUT2D eigenvalue weighted by Gasteiger charge is 2.01. The normalized spacial score (nSPS) is 10.3. The van der Waals surface area contributed by atoms with Gasteiger partial charge in [-0.15, -0.1) is 0 Å². The van der Waals surface area contributed by atoms with Gasteiger partial charge in [-0.25, -0.2) is 0 Å². The molecule has 0 atom stereocenters. The number of nitrogens with zero attached hydrogens (tertiary/aromatic N) is 1. The first kappa shape index (κ1) is 10.9. The highest BCUT2D eigenvalue weighted by Crippen LogP contribution is 2.25. The van der Waals surface area contributed by atoms with E-state index >= 15 is 0 Å². The van der Waals surface area contributed by atoms with Gasteiger partial charge < -0.3 is 14.4 Å². The van der Waals surface area contributed by atoms with E-state index in [0.29, 0.717) is 6.61 Å². The van der Waals surface area contributed by atoms with E-state index in [1.165, 1.54) is 0 Å². The van der Waals surface area contributed by atoms with Crippen molar-refractivity contribution in [1.82, 2.24) is 4.90 Å². The van der Waals surface area contributed by atoms with Crippen LogP contribution in [-0.2, 0) is 0 Å². The molecule has 0 aliphatic rings. The molecule has 0 aliphatic heterocycles. The smallest absolute Gasteiger partial charge is 0.161 e. The zero-order chi connectivity index (χ0) is 10.4. The van der Waals surface area contributed by atoms with Gasteiger partial charge in [0.05, 0.1) is 7.11 Å². The number of hydrogen-bond acceptors (Lipinski definition) is 3. The Morgan fingerprint density at radius 1 is 1.36 bits per heavy atom. The van der Waals surface area contributed by atoms with E-state index in [-0.39, 0.29) is 0 Å². The van der Waals surface area contributed by atoms with E-state index in [2.05, 4.69) is 11.0 Å². The lowest BCUT2D eigenvalue weighted by molar-refractivity contribution is 0.250. The molecule has 0 heterocycles. The summed E-state index contributed by atoms with van der Waals surface area (Å²) >= 11 is 0. The van der Waals surface area contributed by atoms with E-state index in [1.54, 1.807) is 13.2 Å². The number of likely N-dealkylation sites (N-methyl/N-ethyl adjacent to an activating group) is 1. The molecule has 0 N–H and O–H groups in total. The van der Waals surface area contributed by atoms with Crippen molar-refractivity contribution in [2.45, 2.75) is 0 Å². The summed E-state index contributed by atoms with van der Waals surface area (Å²) in [6.07, 6.45) is 0. The Morgan fingerprint density at radius 3 is 2.79 bits per heavy atom. The van der Waals surface area contributed by atoms with Crippen molar-refractivity contribution in [2.75, 3.05) is 34.4 Å². The molecule has 3 nitrogen and oxygen atoms in total. The molecule has 0 fully saturated rings. The second kappa shape index (κ2) is 5.50. The first-order valence-electron chi connectivity index (χ1n) is 4.55. The molecule has 14 heavy (non-hydrogen) atoms. The predicted octanol–water partition coefficient (Wildman–Crippen LogP) is 1.44. The lowest BCUT2D eigenvalue weighted by Gasteiger charge is -2.12. The average molecular weight is 194 g/mol. The first-order valence-corrected chi connectivity index (χ1v) is 4.55. The molecule has 0 saturated carbocycles. The van der Waals surface area contributed by atoms with E-state index in [0.717, 1.165) is 18.0 Å². The van der Waals surface area contributed by atoms with Gasteiger partial charge in [0.25, 0.3) is 0 Å². The first-order chi connectivity index (χ1) is 6.74. The van der Waals surface area contributed by atoms with Crippen LogP contribution in [0.15, 0.2) is 18.2 Å². The molecule has 1 rings (SSSR count). The van der Waals surface area contributed by atoms with Crippen LogP contribution in [0.2, 0.25) is 0 Å². The molecular formula is C11H16NO2. The van der Waals surface area contributed by atoms with Crippen LogP contribution in [0, 0.1) is 6.07 Å². The number of benzene rings is 1. The summed E-state index contributed by atoms with van der Waals surface area (Å²) in [7, 11) is 5.65. The van der Waals surface area contributed by atoms with E-state index in [9.17, 15) is 0 Å². The SMILES string of the molecule is COc1c[c]ccc1OCCN(C)C. The summed E-state index contributed by atoms with van der Waals surface area (Å²) in [4.78, 5) is 2.07. The Kier molecular flexibility index (Phi) is 4.26. The third-order valence-electron chi connectivity index (χ3n) is 1.80. The minimum atomic E-state index is 0.660. The Bertz CT molecular complexity index is 274. The molecule has 3 heteroatoms. The second-order valence-corrected chi connectivity index (χ2v) is 3.23. The van der Waals surface area contributed by atoms with Crippen LogP contribution < -0.4 is 9.47 Å². The van der Waals surface area contributed by atoms with Crippen molar-refractivity contribution >= 4 is 0 Å². The van der Waals surface area contributed by atoms with Crippen LogP contribution in [0.5, 0.6) is 11.5 Å². The summed E-state index contributed by atoms with van der Waals surface area (Å²) in [5.74, 6) is 1.50. The highest BCUT2D eigenvalue weighted by molar-refractivity contribution is 5.38. The maximum atomic E-state index is 5.55. The number of rotatable bonds is 5. The molecule has 0 aromatic heterocycles. The van der Waals surface area contributed by atoms with Gasteiger partial charge in [-0.1, -0.05) is 6.07 Å². The van der Waals surface area contributed by atoms with Crippen molar-refractivity contribution < 1.29 is 9.47 Å². The lowest BCUT2D eigenvalue weighted by atomic mass is 10.3. The molecule has 0 bridgehead atoms. The Morgan fingerprint density at radius 2 is 2.14 bits per heavy atom. The van der Waals surface area contributed by atoms with Crippen LogP contribution in [0.4, 0.5) is 0 Å². The molecule has 77 valence electrons. The van der Waals surface area contributed by atoms with Crippen LogP contribution >= 0.6 is 0 Å². The molecule has 0 amide bonds. The molecular weight excluding hydrogens is 178 g/mol. The number of ether oxygens (including phenoxy) is 2. The lowest BCUT2D eigenvalue weighted by Crippen LogP contribution is -2.19. The van der Waals surface area contributed by atoms with Crippen molar-refractivity contribution in [3.63, 3.8) is 0 Å². The topological polar surface area (TPSA) is 21.7 Å². The van der Waals surface area contributed by atoms with Crippen LogP contribution in [0.3, 0.4) is 0 Å². The Hall–Kier alpha value is -1.22. The summed E-state index contributed by atoms with van der Waals surface area (Å²) in [6, 6.07) is 8.37. The number of methoxy groups -OCH3 is 1. The quantitative estimate of drug-likeness (QED) is 0.708. The van der Waals surface area contributed by atoms with Gasteiger partial charge in [0.1, 0.15) is 6.61 Å². The van der Waals surface area contributed by atoms with Gasteiger partial charge in [-0.2, -0.15) is 0 Å². The largest absolute Gasteiger partial charge is 0.493 e. The van der Waals surface area contributed by atoms with Gasteiger partial charge >= 0.3 is 0 Å². The average Bonchev–Trinajstić information content (AvgIpc) is 2.18. The fourth-order valence-electron chi connectivity index (χ4n) is 1.02. The molecule has 1 aromatic carbocycles. The van der Waals surface area contributed by atoms with Gasteiger partial charge in [-0.3, -0.25) is 0 Å². The monoisotopic (exact) mass is 194 g/mol. The maximum Gasteiger partial charge on any atom is 0.161 e. The third kappa shape index (κ3) is 3.26. The van der Waals surface area contributed by atoms with Crippen LogP contribution in [-0.4, -0.2) is 39.3 Å². The van der Waals surface area contributed by atoms with Crippen LogP contribution in [0.1, 0.15) is 0 Å². The third-order valence-corrected chi connectivity index (χ3v) is 1.80. The van der Waals surface area contributed by atoms with E-state index < -0.39 is 0 Å². The fourth-order valence-corrected chi connectivity index (χ4v) is 1.02. The standard InChI is InChI=1S/C11H16NO2/c1-12(2)8-9-14-11-7-5-4-6-10(11)13-3/h5-7H,8-9H2,1-3H3. The summed E-state index contributed by atoms with van der Waals surface area (Å²) in [5, 5.41) is 0. The van der Waals surface area contributed by atoms with Gasteiger partial charge in [0.15, 0.2) is 11.5 Å². The predicted molar refractivity (Wildman–Crippen MR) is 55.9 cm³/mol. The van der Waals surface area contributed by atoms with Gasteiger partial charge in [0, 0.05) is 6.54 Å². The molecule has 0 spiro atoms. The van der Waals surface area contributed by atoms with Crippen molar-refractivity contribution in [1.29, 1.82) is 0 Å². The van der Waals surface area contributed by atoms with Crippen molar-refractivity contribution in [3.05, 3.63) is 24.3 Å². The Balaban J connectivity index is 2.49. The zero-order valence-corrected chi connectivity index (χ0v) is 8.91. The molecule has 0 aliphatic carbocycles. The van der Waals surface area contributed by atoms with E-state index in [4.69, 9.17) is 9.47 Å². The van der Waals surface area contributed by atoms with Crippen molar-refractivity contribution in [2.24, 2.45) is 0 Å². The Labute approximate surface area is 85.2 Å². The zero-order valence-electron chi connectivity index (χ0n) is 8.91. The van der Waals surface area contributed by atoms with Gasteiger partial charge in [-0.05, 0) is 32.3 Å². The summed E-state index contributed by atoms with van der Waals surface area (Å²) < 4.78 is 10.7. The molecule has 0 saturated heterocycles. The van der Waals surface area contributed by atoms with Crippen LogP contribution in [0.25, 0.3) is 0 Å². The summed E-state index contributed by atoms with van der Waals surface area (Å²) in [6.45, 7) is 1.55. The fraction of sp³-hybridized carbons (Fsp3) is 0.455. The van der Waals surface area contributed by atoms with Gasteiger partial charge in [0.2, 0.25) is 0 Å². The maximum absolute atomic E-state index is 5.55. The highest BCUT2D eigenvalue weighted by atomic mass is 16.5. The second-order valence-electron chi connectivity index (χ2n) is 3.23. The minimum Gasteiger partial charge on any atom is -0.493 e. The molecule has 0 unspecified atom stereocenters. The number of hydrogen-bond donors (Lipinski definition) is 0. The molecule has 1 aromatic rings.